The number of aromatic amines is 1. The smallest absolute Gasteiger partial charge is 0.256 e. The molecule has 0 unspecified atom stereocenters. The minimum Gasteiger partial charge on any atom is -0.305 e. The van der Waals surface area contributed by atoms with Crippen LogP contribution in [-0.4, -0.2) is 21.1 Å². The van der Waals surface area contributed by atoms with Crippen molar-refractivity contribution in [2.75, 3.05) is 5.32 Å². The monoisotopic (exact) mass is 280 g/mol. The molecule has 0 radical (unpaired) electrons. The summed E-state index contributed by atoms with van der Waals surface area (Å²) in [6.45, 7) is 4.13. The van der Waals surface area contributed by atoms with Crippen LogP contribution >= 0.6 is 0 Å². The number of aromatic nitrogens is 3. The van der Waals surface area contributed by atoms with Gasteiger partial charge in [0, 0.05) is 28.9 Å². The lowest BCUT2D eigenvalue weighted by atomic mass is 10.1. The van der Waals surface area contributed by atoms with E-state index < -0.39 is 0 Å². The van der Waals surface area contributed by atoms with Crippen molar-refractivity contribution in [2.24, 2.45) is 0 Å². The third-order valence-electron chi connectivity index (χ3n) is 3.33. The summed E-state index contributed by atoms with van der Waals surface area (Å²) < 4.78 is 0. The summed E-state index contributed by atoms with van der Waals surface area (Å²) in [5, 5.41) is 10.7. The van der Waals surface area contributed by atoms with Crippen molar-refractivity contribution in [3.8, 4) is 0 Å². The molecule has 1 amide bonds. The first-order valence-electron chi connectivity index (χ1n) is 6.85. The molecule has 5 nitrogen and oxygen atoms in total. The van der Waals surface area contributed by atoms with Crippen LogP contribution in [0.5, 0.6) is 0 Å². The van der Waals surface area contributed by atoms with E-state index in [-0.39, 0.29) is 5.91 Å². The van der Waals surface area contributed by atoms with Crippen LogP contribution < -0.4 is 5.32 Å². The zero-order valence-corrected chi connectivity index (χ0v) is 11.9. The van der Waals surface area contributed by atoms with Gasteiger partial charge in [-0.3, -0.25) is 14.9 Å². The zero-order chi connectivity index (χ0) is 14.8. The average molecular weight is 280 g/mol. The van der Waals surface area contributed by atoms with Gasteiger partial charge in [-0.05, 0) is 30.2 Å². The summed E-state index contributed by atoms with van der Waals surface area (Å²) in [6, 6.07) is 11.1. The number of fused-ring (bicyclic) bond motifs is 1. The second-order valence-corrected chi connectivity index (χ2v) is 5.23. The number of hydrogen-bond donors (Lipinski definition) is 2. The van der Waals surface area contributed by atoms with E-state index in [1.807, 2.05) is 30.3 Å². The van der Waals surface area contributed by atoms with Crippen LogP contribution in [0, 0.1) is 0 Å². The Morgan fingerprint density at radius 1 is 1.24 bits per heavy atom. The van der Waals surface area contributed by atoms with Gasteiger partial charge in [0.25, 0.3) is 5.91 Å². The van der Waals surface area contributed by atoms with Crippen LogP contribution in [0.25, 0.3) is 10.9 Å². The van der Waals surface area contributed by atoms with Crippen LogP contribution in [0.15, 0.2) is 42.6 Å². The summed E-state index contributed by atoms with van der Waals surface area (Å²) in [7, 11) is 0. The van der Waals surface area contributed by atoms with Crippen molar-refractivity contribution in [3.63, 3.8) is 0 Å². The molecule has 0 fully saturated rings. The topological polar surface area (TPSA) is 70.7 Å². The summed E-state index contributed by atoms with van der Waals surface area (Å²) in [5.74, 6) is 0.701. The molecule has 106 valence electrons. The maximum Gasteiger partial charge on any atom is 0.256 e. The van der Waals surface area contributed by atoms with Crippen LogP contribution in [0.2, 0.25) is 0 Å². The molecule has 2 heterocycles. The largest absolute Gasteiger partial charge is 0.305 e. The molecule has 21 heavy (non-hydrogen) atoms. The second kappa shape index (κ2) is 5.36. The lowest BCUT2D eigenvalue weighted by Crippen LogP contribution is -2.12. The Balaban J connectivity index is 1.82. The zero-order valence-electron chi connectivity index (χ0n) is 11.9. The molecule has 5 heteroatoms. The van der Waals surface area contributed by atoms with E-state index in [1.165, 1.54) is 0 Å². The highest BCUT2D eigenvalue weighted by Gasteiger charge is 2.10. The van der Waals surface area contributed by atoms with Gasteiger partial charge in [-0.1, -0.05) is 19.9 Å². The van der Waals surface area contributed by atoms with Crippen LogP contribution in [-0.2, 0) is 0 Å². The quantitative estimate of drug-likeness (QED) is 0.773. The van der Waals surface area contributed by atoms with Gasteiger partial charge in [0.2, 0.25) is 0 Å². The minimum atomic E-state index is -0.178. The average Bonchev–Trinajstić information content (AvgIpc) is 2.95. The van der Waals surface area contributed by atoms with E-state index in [0.29, 0.717) is 17.3 Å². The number of H-pyrrole nitrogens is 1. The predicted molar refractivity (Wildman–Crippen MR) is 82.4 cm³/mol. The molecule has 3 aromatic rings. The number of nitrogens with one attached hydrogen (secondary N) is 2. The summed E-state index contributed by atoms with van der Waals surface area (Å²) in [5.41, 5.74) is 2.45. The van der Waals surface area contributed by atoms with E-state index in [4.69, 9.17) is 0 Å². The van der Waals surface area contributed by atoms with Gasteiger partial charge in [-0.2, -0.15) is 5.10 Å². The molecule has 0 saturated heterocycles. The number of benzene rings is 1. The number of carbonyl (C=O) groups excluding carboxylic acids is 1. The van der Waals surface area contributed by atoms with E-state index in [0.717, 1.165) is 16.6 Å². The van der Waals surface area contributed by atoms with E-state index >= 15 is 0 Å². The molecule has 2 N–H and O–H groups in total. The van der Waals surface area contributed by atoms with Gasteiger partial charge in [0.15, 0.2) is 5.82 Å². The number of nitrogens with zero attached hydrogens (tertiary/aromatic N) is 2. The van der Waals surface area contributed by atoms with Gasteiger partial charge in [-0.25, -0.2) is 0 Å². The Labute approximate surface area is 122 Å². The van der Waals surface area contributed by atoms with Crippen LogP contribution in [0.1, 0.15) is 35.8 Å². The Hall–Kier alpha value is -2.69. The molecule has 0 spiro atoms. The Morgan fingerprint density at radius 2 is 2.10 bits per heavy atom. The van der Waals surface area contributed by atoms with E-state index in [1.54, 1.807) is 12.3 Å². The lowest BCUT2D eigenvalue weighted by molar-refractivity contribution is 0.102. The van der Waals surface area contributed by atoms with Crippen molar-refractivity contribution < 1.29 is 4.79 Å². The van der Waals surface area contributed by atoms with Gasteiger partial charge >= 0.3 is 0 Å². The second-order valence-electron chi connectivity index (χ2n) is 5.23. The lowest BCUT2D eigenvalue weighted by Gasteiger charge is -2.03. The fourth-order valence-electron chi connectivity index (χ4n) is 2.10. The molecule has 0 saturated carbocycles. The van der Waals surface area contributed by atoms with Crippen LogP contribution in [0.3, 0.4) is 0 Å². The Bertz CT molecular complexity index is 792. The highest BCUT2D eigenvalue weighted by atomic mass is 16.1. The summed E-state index contributed by atoms with van der Waals surface area (Å²) in [4.78, 5) is 16.5. The number of hydrogen-bond acceptors (Lipinski definition) is 3. The van der Waals surface area contributed by atoms with Gasteiger partial charge in [0.1, 0.15) is 0 Å². The fourth-order valence-corrected chi connectivity index (χ4v) is 2.10. The third-order valence-corrected chi connectivity index (χ3v) is 3.33. The first kappa shape index (κ1) is 13.3. The minimum absolute atomic E-state index is 0.178. The molecular formula is C16H16N4O. The van der Waals surface area contributed by atoms with E-state index in [9.17, 15) is 4.79 Å². The molecule has 2 aromatic heterocycles. The number of rotatable bonds is 3. The van der Waals surface area contributed by atoms with Crippen molar-refractivity contribution in [3.05, 3.63) is 53.9 Å². The third kappa shape index (κ3) is 2.76. The highest BCUT2D eigenvalue weighted by molar-refractivity contribution is 6.05. The molecule has 0 bridgehead atoms. The number of carbonyl (C=O) groups is 1. The SMILES string of the molecule is CC(C)c1cc(NC(=O)c2ccc3ncccc3c2)n[nH]1. The molecular weight excluding hydrogens is 264 g/mol. The van der Waals surface area contributed by atoms with Crippen molar-refractivity contribution in [1.29, 1.82) is 0 Å². The molecule has 0 aliphatic heterocycles. The summed E-state index contributed by atoms with van der Waals surface area (Å²) >= 11 is 0. The first-order chi connectivity index (χ1) is 10.1. The molecule has 3 rings (SSSR count). The van der Waals surface area contributed by atoms with Crippen molar-refractivity contribution in [2.45, 2.75) is 19.8 Å². The predicted octanol–water partition coefficient (Wildman–Crippen LogP) is 3.33. The van der Waals surface area contributed by atoms with Gasteiger partial charge in [0.05, 0.1) is 5.52 Å². The first-order valence-corrected chi connectivity index (χ1v) is 6.85. The molecule has 0 aliphatic carbocycles. The summed E-state index contributed by atoms with van der Waals surface area (Å²) in [6.07, 6.45) is 1.74. The number of amides is 1. The maximum atomic E-state index is 12.3. The van der Waals surface area contributed by atoms with Crippen molar-refractivity contribution in [1.82, 2.24) is 15.2 Å². The van der Waals surface area contributed by atoms with Crippen molar-refractivity contribution >= 4 is 22.6 Å². The number of pyridine rings is 1. The standard InChI is InChI=1S/C16H16N4O/c1-10(2)14-9-15(20-19-14)18-16(21)12-5-6-13-11(8-12)4-3-7-17-13/h3-10H,1-2H3,(H2,18,19,20,21). The number of anilines is 1. The van der Waals surface area contributed by atoms with Gasteiger partial charge in [-0.15, -0.1) is 0 Å². The van der Waals surface area contributed by atoms with Gasteiger partial charge < -0.3 is 5.32 Å². The Morgan fingerprint density at radius 3 is 2.86 bits per heavy atom. The maximum absolute atomic E-state index is 12.3. The molecule has 0 atom stereocenters. The molecule has 1 aromatic carbocycles. The highest BCUT2D eigenvalue weighted by Crippen LogP contribution is 2.17. The van der Waals surface area contributed by atoms with E-state index in [2.05, 4.69) is 34.3 Å². The molecule has 0 aliphatic rings. The van der Waals surface area contributed by atoms with Crippen LogP contribution in [0.4, 0.5) is 5.82 Å². The normalized spacial score (nSPS) is 11.0. The fraction of sp³-hybridized carbons (Fsp3) is 0.188. The Kier molecular flexibility index (Phi) is 3.39.